The highest BCUT2D eigenvalue weighted by molar-refractivity contribution is 9.10. The molecule has 0 aliphatic heterocycles. The van der Waals surface area contributed by atoms with E-state index in [0.29, 0.717) is 11.3 Å². The predicted molar refractivity (Wildman–Crippen MR) is 84.9 cm³/mol. The van der Waals surface area contributed by atoms with Crippen LogP contribution in [0.15, 0.2) is 59.1 Å². The number of carbonyl (C=O) groups excluding carboxylic acids is 1. The predicted octanol–water partition coefficient (Wildman–Crippen LogP) is 4.01. The van der Waals surface area contributed by atoms with Crippen molar-refractivity contribution in [1.29, 1.82) is 0 Å². The van der Waals surface area contributed by atoms with Crippen molar-refractivity contribution in [3.05, 3.63) is 74.8 Å². The summed E-state index contributed by atoms with van der Waals surface area (Å²) in [7, 11) is 0. The molecule has 0 aromatic heterocycles. The number of nitrogens with one attached hydrogen (secondary N) is 1. The molecule has 0 bridgehead atoms. The van der Waals surface area contributed by atoms with Crippen LogP contribution in [0.2, 0.25) is 0 Å². The second kappa shape index (κ2) is 6.81. The molecule has 2 aromatic rings. The van der Waals surface area contributed by atoms with E-state index >= 15 is 0 Å². The van der Waals surface area contributed by atoms with E-state index in [1.165, 1.54) is 18.2 Å². The second-order valence-corrected chi connectivity index (χ2v) is 5.06. The third-order valence-corrected chi connectivity index (χ3v) is 3.19. The maximum atomic E-state index is 11.8. The van der Waals surface area contributed by atoms with E-state index in [1.807, 2.05) is 0 Å². The summed E-state index contributed by atoms with van der Waals surface area (Å²) in [5, 5.41) is 13.5. The fraction of sp³-hybridized carbons (Fsp3) is 0. The van der Waals surface area contributed by atoms with Crippen LogP contribution in [0.25, 0.3) is 6.08 Å². The van der Waals surface area contributed by atoms with Crippen molar-refractivity contribution in [1.82, 2.24) is 0 Å². The monoisotopic (exact) mass is 346 g/mol. The number of carbonyl (C=O) groups is 1. The largest absolute Gasteiger partial charge is 0.323 e. The molecule has 0 atom stereocenters. The van der Waals surface area contributed by atoms with Gasteiger partial charge in [0.25, 0.3) is 5.69 Å². The molecule has 2 aromatic carbocycles. The zero-order valence-corrected chi connectivity index (χ0v) is 12.4. The van der Waals surface area contributed by atoms with Gasteiger partial charge in [0.15, 0.2) is 0 Å². The number of amides is 1. The van der Waals surface area contributed by atoms with Gasteiger partial charge in [0.2, 0.25) is 5.91 Å². The fourth-order valence-corrected chi connectivity index (χ4v) is 1.94. The first-order chi connectivity index (χ1) is 10.1. The third kappa shape index (κ3) is 4.25. The molecule has 0 unspecified atom stereocenters. The van der Waals surface area contributed by atoms with Gasteiger partial charge in [0.1, 0.15) is 0 Å². The summed E-state index contributed by atoms with van der Waals surface area (Å²) in [4.78, 5) is 22.1. The molecule has 0 aliphatic rings. The molecule has 6 heteroatoms. The summed E-state index contributed by atoms with van der Waals surface area (Å²) >= 11 is 3.30. The lowest BCUT2D eigenvalue weighted by Gasteiger charge is -2.02. The van der Waals surface area contributed by atoms with Crippen LogP contribution in [-0.2, 0) is 4.79 Å². The Hall–Kier alpha value is -2.47. The fourth-order valence-electron chi connectivity index (χ4n) is 1.68. The number of nitro groups is 1. The first-order valence-electron chi connectivity index (χ1n) is 6.04. The molecule has 1 N–H and O–H groups in total. The molecule has 1 amide bonds. The van der Waals surface area contributed by atoms with Crippen LogP contribution in [0.3, 0.4) is 0 Å². The van der Waals surface area contributed by atoms with Crippen molar-refractivity contribution < 1.29 is 9.72 Å². The van der Waals surface area contributed by atoms with Gasteiger partial charge in [0, 0.05) is 22.3 Å². The lowest BCUT2D eigenvalue weighted by atomic mass is 10.1. The molecule has 2 rings (SSSR count). The molecule has 0 aliphatic carbocycles. The molecule has 0 heterocycles. The lowest BCUT2D eigenvalue weighted by molar-refractivity contribution is -0.385. The minimum atomic E-state index is -0.480. The zero-order valence-electron chi connectivity index (χ0n) is 10.8. The third-order valence-electron chi connectivity index (χ3n) is 2.66. The molecular formula is C15H11BrN2O3. The van der Waals surface area contributed by atoms with Crippen LogP contribution in [0.5, 0.6) is 0 Å². The number of hydrogen-bond donors (Lipinski definition) is 1. The summed E-state index contributed by atoms with van der Waals surface area (Å²) in [6.45, 7) is 0. The Kier molecular flexibility index (Phi) is 4.84. The van der Waals surface area contributed by atoms with Gasteiger partial charge < -0.3 is 5.32 Å². The Morgan fingerprint density at radius 2 is 1.81 bits per heavy atom. The van der Waals surface area contributed by atoms with Crippen LogP contribution < -0.4 is 5.32 Å². The number of anilines is 1. The van der Waals surface area contributed by atoms with Crippen molar-refractivity contribution in [2.24, 2.45) is 0 Å². The molecular weight excluding hydrogens is 336 g/mol. The minimum Gasteiger partial charge on any atom is -0.323 e. The number of benzene rings is 2. The standard InChI is InChI=1S/C15H11BrN2O3/c16-12-6-8-13(9-7-12)17-15(19)10-5-11-3-1-2-4-14(11)18(20)21/h1-10H,(H,17,19). The van der Waals surface area contributed by atoms with Gasteiger partial charge in [-0.1, -0.05) is 28.1 Å². The summed E-state index contributed by atoms with van der Waals surface area (Å²) in [6, 6.07) is 13.4. The van der Waals surface area contributed by atoms with Gasteiger partial charge in [-0.3, -0.25) is 14.9 Å². The van der Waals surface area contributed by atoms with Crippen molar-refractivity contribution >= 4 is 39.3 Å². The van der Waals surface area contributed by atoms with Crippen LogP contribution in [0.1, 0.15) is 5.56 Å². The highest BCUT2D eigenvalue weighted by Crippen LogP contribution is 2.19. The molecule has 0 saturated carbocycles. The summed E-state index contributed by atoms with van der Waals surface area (Å²) in [5.74, 6) is -0.351. The Bertz CT molecular complexity index is 696. The van der Waals surface area contributed by atoms with Crippen molar-refractivity contribution in [2.75, 3.05) is 5.32 Å². The number of nitrogens with zero attached hydrogens (tertiary/aromatic N) is 1. The average molecular weight is 347 g/mol. The highest BCUT2D eigenvalue weighted by atomic mass is 79.9. The number of nitro benzene ring substituents is 1. The molecule has 21 heavy (non-hydrogen) atoms. The van der Waals surface area contributed by atoms with Gasteiger partial charge >= 0.3 is 0 Å². The van der Waals surface area contributed by atoms with Crippen LogP contribution >= 0.6 is 15.9 Å². The van der Waals surface area contributed by atoms with Gasteiger partial charge in [-0.05, 0) is 36.4 Å². The Labute approximate surface area is 129 Å². The maximum Gasteiger partial charge on any atom is 0.276 e. The Morgan fingerprint density at radius 1 is 1.14 bits per heavy atom. The van der Waals surface area contributed by atoms with Gasteiger partial charge in [-0.2, -0.15) is 0 Å². The molecule has 0 radical (unpaired) electrons. The van der Waals surface area contributed by atoms with Crippen molar-refractivity contribution in [3.63, 3.8) is 0 Å². The smallest absolute Gasteiger partial charge is 0.276 e. The summed E-state index contributed by atoms with van der Waals surface area (Å²) < 4.78 is 0.913. The van der Waals surface area contributed by atoms with E-state index < -0.39 is 4.92 Å². The van der Waals surface area contributed by atoms with Gasteiger partial charge in [0.05, 0.1) is 10.5 Å². The van der Waals surface area contributed by atoms with E-state index in [2.05, 4.69) is 21.2 Å². The molecule has 106 valence electrons. The van der Waals surface area contributed by atoms with Crippen LogP contribution in [-0.4, -0.2) is 10.8 Å². The molecule has 0 spiro atoms. The van der Waals surface area contributed by atoms with Gasteiger partial charge in [-0.25, -0.2) is 0 Å². The van der Waals surface area contributed by atoms with E-state index in [0.717, 1.165) is 4.47 Å². The van der Waals surface area contributed by atoms with E-state index in [9.17, 15) is 14.9 Å². The first kappa shape index (κ1) is 14.9. The van der Waals surface area contributed by atoms with Crippen molar-refractivity contribution in [2.45, 2.75) is 0 Å². The maximum absolute atomic E-state index is 11.8. The van der Waals surface area contributed by atoms with Gasteiger partial charge in [-0.15, -0.1) is 0 Å². The lowest BCUT2D eigenvalue weighted by Crippen LogP contribution is -2.07. The Balaban J connectivity index is 2.09. The van der Waals surface area contributed by atoms with Crippen LogP contribution in [0.4, 0.5) is 11.4 Å². The van der Waals surface area contributed by atoms with E-state index in [1.54, 1.807) is 42.5 Å². The molecule has 0 fully saturated rings. The highest BCUT2D eigenvalue weighted by Gasteiger charge is 2.09. The first-order valence-corrected chi connectivity index (χ1v) is 6.83. The quantitative estimate of drug-likeness (QED) is 0.516. The van der Waals surface area contributed by atoms with E-state index in [-0.39, 0.29) is 11.6 Å². The van der Waals surface area contributed by atoms with Crippen LogP contribution in [0, 0.1) is 10.1 Å². The summed E-state index contributed by atoms with van der Waals surface area (Å²) in [5.41, 5.74) is 0.994. The SMILES string of the molecule is O=C(C=Cc1ccccc1[N+](=O)[O-])Nc1ccc(Br)cc1. The number of hydrogen-bond acceptors (Lipinski definition) is 3. The second-order valence-electron chi connectivity index (χ2n) is 4.15. The Morgan fingerprint density at radius 3 is 2.48 bits per heavy atom. The molecule has 5 nitrogen and oxygen atoms in total. The zero-order chi connectivity index (χ0) is 15.2. The topological polar surface area (TPSA) is 72.2 Å². The minimum absolute atomic E-state index is 0.0369. The number of halogens is 1. The normalized spacial score (nSPS) is 10.5. The van der Waals surface area contributed by atoms with E-state index in [4.69, 9.17) is 0 Å². The average Bonchev–Trinajstić information content (AvgIpc) is 2.48. The number of para-hydroxylation sites is 1. The summed E-state index contributed by atoms with van der Waals surface area (Å²) in [6.07, 6.45) is 2.69. The molecule has 0 saturated heterocycles. The van der Waals surface area contributed by atoms with Crippen molar-refractivity contribution in [3.8, 4) is 0 Å². The number of rotatable bonds is 4.